The number of sulfonamides is 1. The maximum absolute atomic E-state index is 12.9. The van der Waals surface area contributed by atoms with Crippen LogP contribution in [0.15, 0.2) is 32.2 Å². The van der Waals surface area contributed by atoms with Crippen molar-refractivity contribution in [1.29, 1.82) is 0 Å². The molecule has 0 aromatic carbocycles. The number of hydrogen-bond acceptors (Lipinski definition) is 6. The van der Waals surface area contributed by atoms with Crippen LogP contribution in [0.25, 0.3) is 0 Å². The summed E-state index contributed by atoms with van der Waals surface area (Å²) in [7, 11) is -3.62. The number of piperidine rings is 1. The van der Waals surface area contributed by atoms with Gasteiger partial charge in [-0.25, -0.2) is 8.42 Å². The Labute approximate surface area is 165 Å². The third-order valence-electron chi connectivity index (χ3n) is 5.44. The molecular formula is C19H27N3O5S. The number of furan rings is 1. The molecule has 0 radical (unpaired) electrons. The standard InChI is InChI=1S/C19H27N3O5S/c1-13(19(23)20-9-6-17-5-4-12-26-17)16-7-10-22(11-8-16)28(24,25)18-14(2)21-27-15(18)3/h4-5,12-13,16H,6-11H2,1-3H3,(H,20,23). The molecule has 1 aliphatic heterocycles. The fourth-order valence-electron chi connectivity index (χ4n) is 3.73. The summed E-state index contributed by atoms with van der Waals surface area (Å²) in [6.07, 6.45) is 3.56. The lowest BCUT2D eigenvalue weighted by Crippen LogP contribution is -2.43. The van der Waals surface area contributed by atoms with E-state index in [1.54, 1.807) is 20.1 Å². The van der Waals surface area contributed by atoms with E-state index < -0.39 is 10.0 Å². The van der Waals surface area contributed by atoms with Gasteiger partial charge in [-0.15, -0.1) is 0 Å². The van der Waals surface area contributed by atoms with Gasteiger partial charge >= 0.3 is 0 Å². The molecule has 0 aliphatic carbocycles. The summed E-state index contributed by atoms with van der Waals surface area (Å²) >= 11 is 0. The number of hydrogen-bond donors (Lipinski definition) is 1. The van der Waals surface area contributed by atoms with E-state index in [1.165, 1.54) is 4.31 Å². The second-order valence-electron chi connectivity index (χ2n) is 7.30. The lowest BCUT2D eigenvalue weighted by atomic mass is 9.85. The fourth-order valence-corrected chi connectivity index (χ4v) is 5.49. The topological polar surface area (TPSA) is 106 Å². The van der Waals surface area contributed by atoms with Crippen molar-refractivity contribution in [3.8, 4) is 0 Å². The summed E-state index contributed by atoms with van der Waals surface area (Å²) in [5, 5.41) is 6.70. The predicted octanol–water partition coefficient (Wildman–Crippen LogP) is 2.28. The molecule has 0 bridgehead atoms. The van der Waals surface area contributed by atoms with E-state index in [9.17, 15) is 13.2 Å². The molecule has 1 saturated heterocycles. The Kier molecular flexibility index (Phi) is 6.24. The van der Waals surface area contributed by atoms with E-state index in [0.29, 0.717) is 50.4 Å². The fraction of sp³-hybridized carbons (Fsp3) is 0.579. The maximum Gasteiger partial charge on any atom is 0.248 e. The van der Waals surface area contributed by atoms with Crippen LogP contribution in [-0.2, 0) is 21.2 Å². The van der Waals surface area contributed by atoms with Crippen molar-refractivity contribution in [1.82, 2.24) is 14.8 Å². The Balaban J connectivity index is 1.52. The minimum Gasteiger partial charge on any atom is -0.469 e. The SMILES string of the molecule is Cc1noc(C)c1S(=O)(=O)N1CCC(C(C)C(=O)NCCc2ccco2)CC1. The first-order chi connectivity index (χ1) is 13.3. The average Bonchev–Trinajstić information content (AvgIpc) is 3.31. The van der Waals surface area contributed by atoms with E-state index in [0.717, 1.165) is 5.76 Å². The third-order valence-corrected chi connectivity index (χ3v) is 7.58. The number of rotatable bonds is 7. The van der Waals surface area contributed by atoms with Crippen LogP contribution >= 0.6 is 0 Å². The lowest BCUT2D eigenvalue weighted by Gasteiger charge is -2.33. The minimum atomic E-state index is -3.62. The molecule has 2 aromatic heterocycles. The number of aromatic nitrogens is 1. The molecule has 3 rings (SSSR count). The van der Waals surface area contributed by atoms with E-state index in [4.69, 9.17) is 8.94 Å². The van der Waals surface area contributed by atoms with E-state index in [-0.39, 0.29) is 22.6 Å². The van der Waals surface area contributed by atoms with Gasteiger partial charge in [0.1, 0.15) is 16.3 Å². The van der Waals surface area contributed by atoms with Crippen molar-refractivity contribution in [3.63, 3.8) is 0 Å². The van der Waals surface area contributed by atoms with Crippen molar-refractivity contribution in [2.24, 2.45) is 11.8 Å². The van der Waals surface area contributed by atoms with Crippen molar-refractivity contribution >= 4 is 15.9 Å². The normalized spacial score (nSPS) is 17.5. The summed E-state index contributed by atoms with van der Waals surface area (Å²) in [6, 6.07) is 3.70. The van der Waals surface area contributed by atoms with Crippen LogP contribution in [0.2, 0.25) is 0 Å². The zero-order valence-electron chi connectivity index (χ0n) is 16.5. The molecular weight excluding hydrogens is 382 g/mol. The van der Waals surface area contributed by atoms with Crippen LogP contribution in [0, 0.1) is 25.7 Å². The van der Waals surface area contributed by atoms with Gasteiger partial charge in [-0.2, -0.15) is 4.31 Å². The van der Waals surface area contributed by atoms with E-state index >= 15 is 0 Å². The van der Waals surface area contributed by atoms with Crippen molar-refractivity contribution in [2.45, 2.75) is 44.9 Å². The summed E-state index contributed by atoms with van der Waals surface area (Å²) in [5.41, 5.74) is 0.379. The number of carbonyl (C=O) groups is 1. The van der Waals surface area contributed by atoms with Crippen LogP contribution in [0.1, 0.15) is 37.0 Å². The number of aryl methyl sites for hydroxylation is 2. The molecule has 154 valence electrons. The third kappa shape index (κ3) is 4.30. The molecule has 1 aliphatic rings. The summed E-state index contributed by atoms with van der Waals surface area (Å²) < 4.78 is 37.5. The summed E-state index contributed by atoms with van der Waals surface area (Å²) in [6.45, 7) is 6.45. The Morgan fingerprint density at radius 2 is 2.07 bits per heavy atom. The van der Waals surface area contributed by atoms with Crippen LogP contribution in [-0.4, -0.2) is 43.4 Å². The summed E-state index contributed by atoms with van der Waals surface area (Å²) in [4.78, 5) is 12.6. The molecule has 9 heteroatoms. The molecule has 2 aromatic rings. The molecule has 8 nitrogen and oxygen atoms in total. The number of amides is 1. The van der Waals surface area contributed by atoms with Crippen molar-refractivity contribution in [3.05, 3.63) is 35.6 Å². The minimum absolute atomic E-state index is 0.00131. The highest BCUT2D eigenvalue weighted by Gasteiger charge is 2.36. The Morgan fingerprint density at radius 1 is 1.36 bits per heavy atom. The van der Waals surface area contributed by atoms with Crippen LogP contribution < -0.4 is 5.32 Å². The van der Waals surface area contributed by atoms with E-state index in [2.05, 4.69) is 10.5 Å². The maximum atomic E-state index is 12.9. The zero-order valence-corrected chi connectivity index (χ0v) is 17.3. The lowest BCUT2D eigenvalue weighted by molar-refractivity contribution is -0.126. The molecule has 0 saturated carbocycles. The molecule has 1 fully saturated rings. The van der Waals surface area contributed by atoms with Gasteiger partial charge in [0, 0.05) is 32.0 Å². The zero-order chi connectivity index (χ0) is 20.3. The first-order valence-electron chi connectivity index (χ1n) is 9.54. The van der Waals surface area contributed by atoms with Gasteiger partial charge in [0.2, 0.25) is 15.9 Å². The van der Waals surface area contributed by atoms with Crippen molar-refractivity contribution < 1.29 is 22.2 Å². The Bertz CT molecular complexity index is 877. The molecule has 1 unspecified atom stereocenters. The van der Waals surface area contributed by atoms with Gasteiger partial charge in [0.25, 0.3) is 0 Å². The highest BCUT2D eigenvalue weighted by molar-refractivity contribution is 7.89. The molecule has 1 N–H and O–H groups in total. The monoisotopic (exact) mass is 409 g/mol. The van der Waals surface area contributed by atoms with Gasteiger partial charge in [0.05, 0.1) is 6.26 Å². The van der Waals surface area contributed by atoms with Gasteiger partial charge < -0.3 is 14.3 Å². The highest BCUT2D eigenvalue weighted by atomic mass is 32.2. The first-order valence-corrected chi connectivity index (χ1v) is 11.0. The predicted molar refractivity (Wildman–Crippen MR) is 102 cm³/mol. The number of carbonyl (C=O) groups excluding carboxylic acids is 1. The van der Waals surface area contributed by atoms with Crippen LogP contribution in [0.5, 0.6) is 0 Å². The van der Waals surface area contributed by atoms with Crippen LogP contribution in [0.4, 0.5) is 0 Å². The van der Waals surface area contributed by atoms with Crippen molar-refractivity contribution in [2.75, 3.05) is 19.6 Å². The van der Waals surface area contributed by atoms with E-state index in [1.807, 2.05) is 19.1 Å². The smallest absolute Gasteiger partial charge is 0.248 e. The Morgan fingerprint density at radius 3 is 2.64 bits per heavy atom. The first kappa shape index (κ1) is 20.6. The Hall–Kier alpha value is -2.13. The number of nitrogens with zero attached hydrogens (tertiary/aromatic N) is 2. The van der Waals surface area contributed by atoms with Gasteiger partial charge in [0.15, 0.2) is 5.76 Å². The van der Waals surface area contributed by atoms with Gasteiger partial charge in [-0.1, -0.05) is 12.1 Å². The van der Waals surface area contributed by atoms with Gasteiger partial charge in [-0.05, 0) is 44.7 Å². The second kappa shape index (κ2) is 8.48. The largest absolute Gasteiger partial charge is 0.469 e. The quantitative estimate of drug-likeness (QED) is 0.752. The molecule has 1 amide bonds. The molecule has 0 spiro atoms. The van der Waals surface area contributed by atoms with Gasteiger partial charge in [-0.3, -0.25) is 4.79 Å². The number of nitrogens with one attached hydrogen (secondary N) is 1. The molecule has 3 heterocycles. The molecule has 28 heavy (non-hydrogen) atoms. The second-order valence-corrected chi connectivity index (χ2v) is 9.18. The highest BCUT2D eigenvalue weighted by Crippen LogP contribution is 2.30. The average molecular weight is 410 g/mol. The van der Waals surface area contributed by atoms with Crippen LogP contribution in [0.3, 0.4) is 0 Å². The summed E-state index contributed by atoms with van der Waals surface area (Å²) in [5.74, 6) is 1.13. The molecule has 1 atom stereocenters.